The molecule has 39 heavy (non-hydrogen) atoms. The van der Waals surface area contributed by atoms with Gasteiger partial charge in [0.2, 0.25) is 0 Å². The molecule has 0 rings (SSSR count). The Labute approximate surface area is 301 Å². The van der Waals surface area contributed by atoms with Crippen LogP contribution in [-0.2, 0) is 80.2 Å². The number of nitrogens with zero attached hydrogens (tertiary/aromatic N) is 2. The van der Waals surface area contributed by atoms with E-state index < -0.39 is 0 Å². The fourth-order valence-corrected chi connectivity index (χ4v) is 5.33. The third-order valence-electron chi connectivity index (χ3n) is 6.90. The molecule has 0 atom stereocenters. The molecular formula is C30H60Mo2N2S5+6. The van der Waals surface area contributed by atoms with E-state index in [9.17, 15) is 0 Å². The van der Waals surface area contributed by atoms with Crippen molar-refractivity contribution < 1.29 is 46.0 Å². The first-order valence-corrected chi connectivity index (χ1v) is 17.5. The first-order chi connectivity index (χ1) is 17.8. The van der Waals surface area contributed by atoms with Crippen molar-refractivity contribution in [3.63, 3.8) is 0 Å². The summed E-state index contributed by atoms with van der Waals surface area (Å²) in [5.41, 5.74) is 0. The third-order valence-corrected chi connectivity index (χ3v) is 8.89. The van der Waals surface area contributed by atoms with Gasteiger partial charge in [-0.3, -0.25) is 0 Å². The molecule has 0 bridgehead atoms. The van der Waals surface area contributed by atoms with E-state index in [1.807, 2.05) is 0 Å². The molecule has 0 aliphatic carbocycles. The summed E-state index contributed by atoms with van der Waals surface area (Å²) in [6.07, 6.45) is 25.9. The smallest absolute Gasteiger partial charge is 0.489 e. The molecule has 0 heterocycles. The first kappa shape index (κ1) is 48.0. The second-order valence-electron chi connectivity index (χ2n) is 10.5. The van der Waals surface area contributed by atoms with Gasteiger partial charge < -0.3 is 71.3 Å². The molecule has 0 saturated heterocycles. The second-order valence-corrected chi connectivity index (χ2v) is 13.3. The maximum absolute atomic E-state index is 5.62. The molecule has 0 aliphatic rings. The molecule has 0 spiro atoms. The number of thiocarbonyl (C=S) groups is 2. The van der Waals surface area contributed by atoms with Crippen molar-refractivity contribution in [1.82, 2.24) is 4.90 Å². The Morgan fingerprint density at radius 2 is 0.795 bits per heavy atom. The SMILES string of the molecule is CCCCCCCCN(CCCCCCCC)C(=S)[S-].CCCCCC[N+]([S-])(CCCCCC)C(=S)[S-].[Mo+4].[Mo+4]. The monoisotopic (exact) mass is 804 g/mol. The van der Waals surface area contributed by atoms with E-state index in [0.29, 0.717) is 12.5 Å². The Kier molecular flexibility index (Phi) is 44.7. The van der Waals surface area contributed by atoms with Crippen LogP contribution in [0.2, 0.25) is 0 Å². The van der Waals surface area contributed by atoms with Crippen molar-refractivity contribution in [3.05, 3.63) is 0 Å². The van der Waals surface area contributed by atoms with Crippen LogP contribution in [0.5, 0.6) is 0 Å². The van der Waals surface area contributed by atoms with Crippen LogP contribution in [0.3, 0.4) is 0 Å². The zero-order chi connectivity index (χ0) is 28.2. The van der Waals surface area contributed by atoms with Crippen LogP contribution in [-0.4, -0.2) is 43.6 Å². The Morgan fingerprint density at radius 3 is 1.08 bits per heavy atom. The summed E-state index contributed by atoms with van der Waals surface area (Å²) in [5.74, 6) is 0. The van der Waals surface area contributed by atoms with Crippen LogP contribution in [0.4, 0.5) is 0 Å². The van der Waals surface area contributed by atoms with Crippen LogP contribution in [0.15, 0.2) is 0 Å². The summed E-state index contributed by atoms with van der Waals surface area (Å²) in [6, 6.07) is 0. The molecule has 0 aromatic heterocycles. The van der Waals surface area contributed by atoms with Gasteiger partial charge in [0.1, 0.15) is 0 Å². The topological polar surface area (TPSA) is 3.24 Å². The molecule has 2 nitrogen and oxygen atoms in total. The molecule has 0 aromatic carbocycles. The predicted octanol–water partition coefficient (Wildman–Crippen LogP) is 10.1. The zero-order valence-electron chi connectivity index (χ0n) is 25.7. The Morgan fingerprint density at radius 1 is 0.513 bits per heavy atom. The minimum atomic E-state index is 0. The molecular weight excluding hydrogens is 741 g/mol. The van der Waals surface area contributed by atoms with E-state index in [2.05, 4.69) is 32.6 Å². The molecule has 0 saturated carbocycles. The second kappa shape index (κ2) is 36.3. The zero-order valence-corrected chi connectivity index (χ0v) is 33.8. The van der Waals surface area contributed by atoms with Crippen molar-refractivity contribution in [3.8, 4) is 0 Å². The summed E-state index contributed by atoms with van der Waals surface area (Å²) in [7, 11) is 0. The molecule has 0 radical (unpaired) electrons. The van der Waals surface area contributed by atoms with Gasteiger partial charge in [0.15, 0.2) is 0 Å². The van der Waals surface area contributed by atoms with Crippen LogP contribution in [0.25, 0.3) is 0 Å². The van der Waals surface area contributed by atoms with Gasteiger partial charge in [-0.15, -0.1) is 0 Å². The molecule has 0 unspecified atom stereocenters. The minimum absolute atomic E-state index is 0. The largest absolute Gasteiger partial charge is 4.00 e. The molecule has 0 aliphatic heterocycles. The molecule has 0 aromatic rings. The average molecular weight is 801 g/mol. The van der Waals surface area contributed by atoms with E-state index in [-0.39, 0.29) is 42.1 Å². The van der Waals surface area contributed by atoms with Crippen LogP contribution < -0.4 is 0 Å². The van der Waals surface area contributed by atoms with Crippen molar-refractivity contribution in [2.75, 3.05) is 26.2 Å². The van der Waals surface area contributed by atoms with Gasteiger partial charge in [0.05, 0.1) is 13.1 Å². The normalized spacial score (nSPS) is 10.6. The average Bonchev–Trinajstić information content (AvgIpc) is 2.87. The van der Waals surface area contributed by atoms with Gasteiger partial charge in [-0.2, -0.15) is 0 Å². The van der Waals surface area contributed by atoms with Gasteiger partial charge in [-0.25, -0.2) is 0 Å². The van der Waals surface area contributed by atoms with Gasteiger partial charge in [-0.1, -0.05) is 122 Å². The molecule has 0 amide bonds. The predicted molar refractivity (Wildman–Crippen MR) is 184 cm³/mol. The number of unbranched alkanes of at least 4 members (excludes halogenated alkanes) is 16. The summed E-state index contributed by atoms with van der Waals surface area (Å²) < 4.78 is 1.65. The number of quaternary nitrogens is 1. The maximum Gasteiger partial charge on any atom is 4.00 e. The molecule has 9 heteroatoms. The fourth-order valence-electron chi connectivity index (χ4n) is 4.34. The first-order valence-electron chi connectivity index (χ1n) is 15.5. The number of hydrogen-bond donors (Lipinski definition) is 0. The van der Waals surface area contributed by atoms with Gasteiger partial charge >= 0.3 is 42.1 Å². The third kappa shape index (κ3) is 32.8. The summed E-state index contributed by atoms with van der Waals surface area (Å²) in [4.78, 5) is 2.24. The van der Waals surface area contributed by atoms with Crippen molar-refractivity contribution >= 4 is 71.1 Å². The maximum atomic E-state index is 5.62. The van der Waals surface area contributed by atoms with E-state index >= 15 is 0 Å². The Balaban J connectivity index is -0.000000302. The summed E-state index contributed by atoms with van der Waals surface area (Å²) in [6.45, 7) is 13.0. The van der Waals surface area contributed by atoms with E-state index in [1.165, 1.54) is 116 Å². The fraction of sp³-hybridized carbons (Fsp3) is 0.933. The van der Waals surface area contributed by atoms with E-state index in [0.717, 1.165) is 39.0 Å². The standard InChI is InChI=1S/C17H35NS2.C13H27NS3.2Mo/c1-3-5-7-9-11-13-15-18(17(19)20)16-14-12-10-8-6-4-2;1-3-5-7-9-11-14(17,13(15)16)12-10-8-6-4-2;;/h3-16H2,1-2H3,(H,19,20);3-12H2,1-2H3,(H,15,16);;/q;;2*+4/p-2. The van der Waals surface area contributed by atoms with E-state index in [4.69, 9.17) is 62.5 Å². The molecule has 226 valence electrons. The molecule has 0 N–H and O–H groups in total. The van der Waals surface area contributed by atoms with Gasteiger partial charge in [0.25, 0.3) is 0 Å². The van der Waals surface area contributed by atoms with Crippen molar-refractivity contribution in [1.29, 1.82) is 0 Å². The Bertz CT molecular complexity index is 500. The summed E-state index contributed by atoms with van der Waals surface area (Å²) >= 11 is 26.3. The van der Waals surface area contributed by atoms with Crippen molar-refractivity contribution in [2.24, 2.45) is 0 Å². The Hall–Kier alpha value is 2.11. The van der Waals surface area contributed by atoms with Crippen molar-refractivity contribution in [2.45, 2.75) is 156 Å². The van der Waals surface area contributed by atoms with Crippen LogP contribution in [0.1, 0.15) is 156 Å². The number of rotatable bonds is 24. The molecule has 0 fully saturated rings. The summed E-state index contributed by atoms with van der Waals surface area (Å²) in [5, 5.41) is 0. The van der Waals surface area contributed by atoms with Crippen LogP contribution in [0, 0.1) is 0 Å². The number of hydrogen-bond acceptors (Lipinski definition) is 5. The van der Waals surface area contributed by atoms with Gasteiger partial charge in [0, 0.05) is 17.4 Å². The van der Waals surface area contributed by atoms with E-state index in [1.54, 1.807) is 0 Å². The van der Waals surface area contributed by atoms with Crippen LogP contribution >= 0.6 is 24.4 Å². The quantitative estimate of drug-likeness (QED) is 0.0312. The minimum Gasteiger partial charge on any atom is -0.489 e. The van der Waals surface area contributed by atoms with Gasteiger partial charge in [-0.05, 0) is 38.5 Å².